The Hall–Kier alpha value is -2.11. The van der Waals surface area contributed by atoms with Crippen LogP contribution in [0.15, 0.2) is 48.5 Å². The summed E-state index contributed by atoms with van der Waals surface area (Å²) < 4.78 is 13.8. The van der Waals surface area contributed by atoms with Crippen molar-refractivity contribution in [1.29, 1.82) is 0 Å². The maximum absolute atomic E-state index is 13.8. The first kappa shape index (κ1) is 17.7. The van der Waals surface area contributed by atoms with E-state index in [4.69, 9.17) is 11.6 Å². The van der Waals surface area contributed by atoms with Gasteiger partial charge in [-0.1, -0.05) is 29.8 Å². The molecule has 1 heterocycles. The monoisotopic (exact) mass is 361 g/mol. The highest BCUT2D eigenvalue weighted by Crippen LogP contribution is 2.20. The van der Waals surface area contributed by atoms with Gasteiger partial charge in [-0.2, -0.15) is 0 Å². The first-order valence-corrected chi connectivity index (χ1v) is 8.72. The van der Waals surface area contributed by atoms with Crippen LogP contribution in [-0.2, 0) is 4.79 Å². The number of anilines is 2. The molecule has 25 heavy (non-hydrogen) atoms. The third kappa shape index (κ3) is 4.30. The Morgan fingerprint density at radius 3 is 2.44 bits per heavy atom. The van der Waals surface area contributed by atoms with E-state index in [0.29, 0.717) is 5.02 Å². The van der Waals surface area contributed by atoms with Crippen molar-refractivity contribution < 1.29 is 9.18 Å². The van der Waals surface area contributed by atoms with Gasteiger partial charge in [0.25, 0.3) is 0 Å². The van der Waals surface area contributed by atoms with E-state index in [1.165, 1.54) is 17.8 Å². The predicted octanol–water partition coefficient (Wildman–Crippen LogP) is 3.63. The topological polar surface area (TPSA) is 35.6 Å². The molecule has 1 atom stereocenters. The first-order valence-electron chi connectivity index (χ1n) is 8.34. The molecule has 4 nitrogen and oxygen atoms in total. The largest absolute Gasteiger partial charge is 0.369 e. The maximum Gasteiger partial charge on any atom is 0.241 e. The molecule has 1 N–H and O–H groups in total. The number of hydrogen-bond donors (Lipinski definition) is 1. The molecule has 2 aromatic carbocycles. The van der Waals surface area contributed by atoms with Gasteiger partial charge in [0, 0.05) is 36.9 Å². The molecule has 132 valence electrons. The van der Waals surface area contributed by atoms with Crippen LogP contribution >= 0.6 is 11.6 Å². The smallest absolute Gasteiger partial charge is 0.241 e. The number of benzene rings is 2. The highest BCUT2D eigenvalue weighted by atomic mass is 35.5. The Balaban J connectivity index is 1.56. The summed E-state index contributed by atoms with van der Waals surface area (Å²) in [5, 5.41) is 2.96. The number of amides is 1. The normalized spacial score (nSPS) is 16.5. The minimum Gasteiger partial charge on any atom is -0.369 e. The zero-order chi connectivity index (χ0) is 17.8. The van der Waals surface area contributed by atoms with Crippen LogP contribution in [0.5, 0.6) is 0 Å². The first-order chi connectivity index (χ1) is 12.0. The summed E-state index contributed by atoms with van der Waals surface area (Å²) in [4.78, 5) is 16.9. The summed E-state index contributed by atoms with van der Waals surface area (Å²) in [7, 11) is 0. The number of para-hydroxylation sites is 1. The Labute approximate surface area is 152 Å². The molecule has 0 aromatic heterocycles. The van der Waals surface area contributed by atoms with Gasteiger partial charge in [0.05, 0.1) is 11.7 Å². The van der Waals surface area contributed by atoms with E-state index in [-0.39, 0.29) is 17.6 Å². The van der Waals surface area contributed by atoms with E-state index in [9.17, 15) is 9.18 Å². The Morgan fingerprint density at radius 2 is 1.80 bits per heavy atom. The molecule has 6 heteroatoms. The fraction of sp³-hybridized carbons (Fsp3) is 0.316. The van der Waals surface area contributed by atoms with Gasteiger partial charge >= 0.3 is 0 Å². The van der Waals surface area contributed by atoms with Crippen molar-refractivity contribution >= 4 is 28.9 Å². The second-order valence-corrected chi connectivity index (χ2v) is 6.58. The van der Waals surface area contributed by atoms with E-state index in [0.717, 1.165) is 26.2 Å². The Kier molecular flexibility index (Phi) is 5.56. The molecule has 2 aromatic rings. The van der Waals surface area contributed by atoms with Gasteiger partial charge < -0.3 is 10.2 Å². The van der Waals surface area contributed by atoms with Gasteiger partial charge in [0.15, 0.2) is 0 Å². The fourth-order valence-electron chi connectivity index (χ4n) is 3.00. The molecular formula is C19H21ClFN3O. The number of carbonyl (C=O) groups excluding carboxylic acids is 1. The zero-order valence-corrected chi connectivity index (χ0v) is 14.8. The van der Waals surface area contributed by atoms with Gasteiger partial charge in [-0.05, 0) is 37.3 Å². The van der Waals surface area contributed by atoms with Crippen molar-refractivity contribution in [1.82, 2.24) is 4.90 Å². The van der Waals surface area contributed by atoms with Crippen LogP contribution in [0, 0.1) is 5.82 Å². The lowest BCUT2D eigenvalue weighted by atomic mass is 10.2. The number of hydrogen-bond acceptors (Lipinski definition) is 3. The standard InChI is InChI=1S/C19H21ClFN3O/c1-14(19(25)22-18-8-7-15(20)13-17(18)21)23-9-11-24(12-10-23)16-5-3-2-4-6-16/h2-8,13-14H,9-12H2,1H3,(H,22,25)/t14-/m0/s1. The average molecular weight is 362 g/mol. The summed E-state index contributed by atoms with van der Waals surface area (Å²) in [6.45, 7) is 5.13. The number of halogens is 2. The van der Waals surface area contributed by atoms with Crippen molar-refractivity contribution in [3.63, 3.8) is 0 Å². The highest BCUT2D eigenvalue weighted by molar-refractivity contribution is 6.30. The van der Waals surface area contributed by atoms with Crippen LogP contribution in [0.2, 0.25) is 5.02 Å². The van der Waals surface area contributed by atoms with Crippen molar-refractivity contribution in [3.8, 4) is 0 Å². The maximum atomic E-state index is 13.8. The quantitative estimate of drug-likeness (QED) is 0.903. The molecule has 0 spiro atoms. The predicted molar refractivity (Wildman–Crippen MR) is 99.7 cm³/mol. The lowest BCUT2D eigenvalue weighted by molar-refractivity contribution is -0.120. The molecule has 0 saturated carbocycles. The van der Waals surface area contributed by atoms with Crippen LogP contribution in [0.3, 0.4) is 0 Å². The highest BCUT2D eigenvalue weighted by Gasteiger charge is 2.26. The number of rotatable bonds is 4. The number of nitrogens with zero attached hydrogens (tertiary/aromatic N) is 2. The molecule has 0 bridgehead atoms. The number of piperazine rings is 1. The van der Waals surface area contributed by atoms with Crippen LogP contribution in [0.25, 0.3) is 0 Å². The van der Waals surface area contributed by atoms with Gasteiger partial charge in [-0.3, -0.25) is 9.69 Å². The molecule has 1 aliphatic heterocycles. The number of carbonyl (C=O) groups is 1. The molecule has 1 fully saturated rings. The third-order valence-corrected chi connectivity index (χ3v) is 4.79. The van der Waals surface area contributed by atoms with Crippen LogP contribution in [0.1, 0.15) is 6.92 Å². The van der Waals surface area contributed by atoms with Crippen LogP contribution in [0.4, 0.5) is 15.8 Å². The fourth-order valence-corrected chi connectivity index (χ4v) is 3.16. The minimum atomic E-state index is -0.526. The molecule has 1 amide bonds. The second-order valence-electron chi connectivity index (χ2n) is 6.15. The van der Waals surface area contributed by atoms with Crippen LogP contribution < -0.4 is 10.2 Å². The molecule has 3 rings (SSSR count). The molecule has 0 unspecified atom stereocenters. The van der Waals surface area contributed by atoms with Gasteiger partial charge in [0.2, 0.25) is 5.91 Å². The van der Waals surface area contributed by atoms with E-state index in [1.807, 2.05) is 25.1 Å². The van der Waals surface area contributed by atoms with Crippen molar-refractivity contribution in [2.24, 2.45) is 0 Å². The Morgan fingerprint density at radius 1 is 1.12 bits per heavy atom. The summed E-state index contributed by atoms with van der Waals surface area (Å²) >= 11 is 5.74. The summed E-state index contributed by atoms with van der Waals surface area (Å²) in [6, 6.07) is 14.1. The molecule has 1 saturated heterocycles. The van der Waals surface area contributed by atoms with Crippen molar-refractivity contribution in [3.05, 3.63) is 59.4 Å². The van der Waals surface area contributed by atoms with E-state index in [1.54, 1.807) is 6.07 Å². The Bertz CT molecular complexity index is 733. The lowest BCUT2D eigenvalue weighted by Gasteiger charge is -2.38. The third-order valence-electron chi connectivity index (χ3n) is 4.55. The molecule has 0 aliphatic carbocycles. The summed E-state index contributed by atoms with van der Waals surface area (Å²) in [6.07, 6.45) is 0. The SMILES string of the molecule is C[C@@H](C(=O)Nc1ccc(Cl)cc1F)N1CCN(c2ccccc2)CC1. The van der Waals surface area contributed by atoms with E-state index >= 15 is 0 Å². The van der Waals surface area contributed by atoms with Gasteiger partial charge in [0.1, 0.15) is 5.82 Å². The molecule has 0 radical (unpaired) electrons. The second kappa shape index (κ2) is 7.85. The lowest BCUT2D eigenvalue weighted by Crippen LogP contribution is -2.52. The minimum absolute atomic E-state index is 0.157. The average Bonchev–Trinajstić information content (AvgIpc) is 2.64. The summed E-state index contributed by atoms with van der Waals surface area (Å²) in [5.41, 5.74) is 1.35. The van der Waals surface area contributed by atoms with E-state index < -0.39 is 5.82 Å². The zero-order valence-electron chi connectivity index (χ0n) is 14.1. The van der Waals surface area contributed by atoms with Crippen LogP contribution in [-0.4, -0.2) is 43.0 Å². The molecular weight excluding hydrogens is 341 g/mol. The van der Waals surface area contributed by atoms with Crippen molar-refractivity contribution in [2.45, 2.75) is 13.0 Å². The van der Waals surface area contributed by atoms with Gasteiger partial charge in [-0.15, -0.1) is 0 Å². The van der Waals surface area contributed by atoms with E-state index in [2.05, 4.69) is 27.2 Å². The number of nitrogens with one attached hydrogen (secondary N) is 1. The van der Waals surface area contributed by atoms with Crippen molar-refractivity contribution in [2.75, 3.05) is 36.4 Å². The molecule has 1 aliphatic rings. The summed E-state index contributed by atoms with van der Waals surface area (Å²) in [5.74, 6) is -0.740. The van der Waals surface area contributed by atoms with Gasteiger partial charge in [-0.25, -0.2) is 4.39 Å².